The van der Waals surface area contributed by atoms with Crippen LogP contribution < -0.4 is 5.32 Å². The second-order valence-corrected chi connectivity index (χ2v) is 6.90. The van der Waals surface area contributed by atoms with Gasteiger partial charge in [0.05, 0.1) is 12.3 Å². The van der Waals surface area contributed by atoms with Crippen molar-refractivity contribution < 1.29 is 14.3 Å². The number of carbonyl (C=O) groups is 2. The van der Waals surface area contributed by atoms with Gasteiger partial charge in [-0.25, -0.2) is 0 Å². The monoisotopic (exact) mass is 406 g/mol. The second kappa shape index (κ2) is 11.4. The van der Waals surface area contributed by atoms with E-state index in [9.17, 15) is 9.59 Å². The number of rotatable bonds is 11. The predicted octanol–water partition coefficient (Wildman–Crippen LogP) is 1.06. The Balaban J connectivity index is 2.09. The maximum Gasteiger partial charge on any atom is 0.239 e. The normalized spacial score (nSPS) is 10.7. The maximum atomic E-state index is 12.3. The quantitative estimate of drug-likeness (QED) is 0.440. The summed E-state index contributed by atoms with van der Waals surface area (Å²) >= 11 is 1.31. The van der Waals surface area contributed by atoms with E-state index in [0.29, 0.717) is 24.9 Å². The fraction of sp³-hybridized carbons (Fsp3) is 0.500. The number of nitrogens with zero attached hydrogens (tertiary/aromatic N) is 5. The van der Waals surface area contributed by atoms with Crippen molar-refractivity contribution in [1.29, 1.82) is 0 Å². The van der Waals surface area contributed by atoms with Crippen LogP contribution in [0.15, 0.2) is 29.7 Å². The lowest BCUT2D eigenvalue weighted by Gasteiger charge is -2.16. The molecule has 0 aliphatic carbocycles. The van der Waals surface area contributed by atoms with Gasteiger partial charge in [0.1, 0.15) is 0 Å². The van der Waals surface area contributed by atoms with Crippen LogP contribution in [0.3, 0.4) is 0 Å². The van der Waals surface area contributed by atoms with Crippen molar-refractivity contribution in [3.8, 4) is 11.4 Å². The van der Waals surface area contributed by atoms with Crippen LogP contribution in [-0.2, 0) is 20.9 Å². The van der Waals surface area contributed by atoms with E-state index in [-0.39, 0.29) is 24.1 Å². The average Bonchev–Trinajstić information content (AvgIpc) is 3.12. The molecule has 0 atom stereocenters. The molecule has 0 spiro atoms. The fourth-order valence-corrected chi connectivity index (χ4v) is 3.30. The van der Waals surface area contributed by atoms with E-state index in [1.807, 2.05) is 23.6 Å². The summed E-state index contributed by atoms with van der Waals surface area (Å²) < 4.78 is 7.42. The summed E-state index contributed by atoms with van der Waals surface area (Å²) in [6.07, 6.45) is 4.22. The molecule has 2 amide bonds. The third kappa shape index (κ3) is 6.31. The van der Waals surface area contributed by atoms with Crippen molar-refractivity contribution in [3.63, 3.8) is 0 Å². The number of amides is 2. The molecule has 28 heavy (non-hydrogen) atoms. The molecule has 2 heterocycles. The van der Waals surface area contributed by atoms with Crippen LogP contribution >= 0.6 is 11.8 Å². The summed E-state index contributed by atoms with van der Waals surface area (Å²) in [6.45, 7) is 3.98. The largest absolute Gasteiger partial charge is 0.382 e. The Labute approximate surface area is 168 Å². The van der Waals surface area contributed by atoms with Crippen molar-refractivity contribution >= 4 is 23.6 Å². The van der Waals surface area contributed by atoms with Crippen molar-refractivity contribution in [2.45, 2.75) is 25.0 Å². The average molecular weight is 407 g/mol. The zero-order valence-corrected chi connectivity index (χ0v) is 17.2. The molecule has 2 rings (SSSR count). The van der Waals surface area contributed by atoms with Crippen LogP contribution in [0.25, 0.3) is 11.4 Å². The minimum atomic E-state index is -0.208. The highest BCUT2D eigenvalue weighted by Gasteiger charge is 2.17. The van der Waals surface area contributed by atoms with E-state index in [2.05, 4.69) is 20.5 Å². The molecule has 2 aromatic rings. The second-order valence-electron chi connectivity index (χ2n) is 5.96. The minimum absolute atomic E-state index is 0.0270. The Morgan fingerprint density at radius 1 is 1.29 bits per heavy atom. The third-order valence-electron chi connectivity index (χ3n) is 3.94. The number of hydrogen-bond donors (Lipinski definition) is 1. The van der Waals surface area contributed by atoms with Crippen molar-refractivity contribution in [2.75, 3.05) is 39.6 Å². The Kier molecular flexibility index (Phi) is 8.89. The van der Waals surface area contributed by atoms with Crippen LogP contribution in [0, 0.1) is 0 Å². The van der Waals surface area contributed by atoms with E-state index >= 15 is 0 Å². The fourth-order valence-electron chi connectivity index (χ4n) is 2.40. The molecule has 0 fully saturated rings. The van der Waals surface area contributed by atoms with Gasteiger partial charge in [0.2, 0.25) is 11.8 Å². The predicted molar refractivity (Wildman–Crippen MR) is 107 cm³/mol. The molecule has 0 bridgehead atoms. The summed E-state index contributed by atoms with van der Waals surface area (Å²) in [5, 5.41) is 11.7. The lowest BCUT2D eigenvalue weighted by Crippen LogP contribution is -2.37. The van der Waals surface area contributed by atoms with Crippen LogP contribution in [0.5, 0.6) is 0 Å². The first-order chi connectivity index (χ1) is 13.6. The molecule has 0 radical (unpaired) electrons. The Morgan fingerprint density at radius 2 is 2.04 bits per heavy atom. The zero-order chi connectivity index (χ0) is 20.4. The number of thioether (sulfide) groups is 1. The van der Waals surface area contributed by atoms with E-state index in [1.165, 1.54) is 16.7 Å². The Bertz CT molecular complexity index is 768. The van der Waals surface area contributed by atoms with Crippen molar-refractivity contribution in [2.24, 2.45) is 0 Å². The summed E-state index contributed by atoms with van der Waals surface area (Å²) in [5.41, 5.74) is 0.911. The van der Waals surface area contributed by atoms with Gasteiger partial charge >= 0.3 is 0 Å². The smallest absolute Gasteiger partial charge is 0.239 e. The molecule has 0 saturated carbocycles. The molecule has 0 saturated heterocycles. The highest BCUT2D eigenvalue weighted by molar-refractivity contribution is 7.99. The van der Waals surface area contributed by atoms with Gasteiger partial charge in [0, 0.05) is 51.8 Å². The Hall–Kier alpha value is -2.46. The first kappa shape index (κ1) is 21.8. The summed E-state index contributed by atoms with van der Waals surface area (Å²) in [5.74, 6) is 0.545. The maximum absolute atomic E-state index is 12.3. The van der Waals surface area contributed by atoms with Gasteiger partial charge < -0.3 is 19.5 Å². The molecule has 0 aliphatic heterocycles. The SMILES string of the molecule is CCOCCCn1c(SCC(=O)N(C)CC(=O)NC)nnc1-c1ccncc1. The molecular formula is C18H26N6O3S. The van der Waals surface area contributed by atoms with Gasteiger partial charge in [-0.15, -0.1) is 10.2 Å². The van der Waals surface area contributed by atoms with Gasteiger partial charge in [-0.2, -0.15) is 0 Å². The van der Waals surface area contributed by atoms with Crippen LogP contribution in [0.4, 0.5) is 0 Å². The number of ether oxygens (including phenoxy) is 1. The molecule has 0 aromatic carbocycles. The van der Waals surface area contributed by atoms with Crippen molar-refractivity contribution in [1.82, 2.24) is 30.0 Å². The summed E-state index contributed by atoms with van der Waals surface area (Å²) in [7, 11) is 3.15. The molecule has 10 heteroatoms. The molecule has 2 aromatic heterocycles. The van der Waals surface area contributed by atoms with E-state index < -0.39 is 0 Å². The molecular weight excluding hydrogens is 380 g/mol. The van der Waals surface area contributed by atoms with Gasteiger partial charge in [0.15, 0.2) is 11.0 Å². The minimum Gasteiger partial charge on any atom is -0.382 e. The first-order valence-electron chi connectivity index (χ1n) is 9.05. The van der Waals surface area contributed by atoms with Crippen LogP contribution in [-0.4, -0.2) is 76.1 Å². The third-order valence-corrected chi connectivity index (χ3v) is 4.89. The number of nitrogens with one attached hydrogen (secondary N) is 1. The highest BCUT2D eigenvalue weighted by atomic mass is 32.2. The zero-order valence-electron chi connectivity index (χ0n) is 16.4. The van der Waals surface area contributed by atoms with E-state index in [4.69, 9.17) is 4.74 Å². The lowest BCUT2D eigenvalue weighted by molar-refractivity contribution is -0.132. The standard InChI is InChI=1S/C18H26N6O3S/c1-4-27-11-5-10-24-17(14-6-8-20-9-7-14)21-22-18(24)28-13-16(26)23(3)12-15(25)19-2/h6-9H,4-5,10-13H2,1-3H3,(H,19,25). The number of hydrogen-bond acceptors (Lipinski definition) is 7. The van der Waals surface area contributed by atoms with E-state index in [1.54, 1.807) is 26.5 Å². The van der Waals surface area contributed by atoms with Crippen molar-refractivity contribution in [3.05, 3.63) is 24.5 Å². The van der Waals surface area contributed by atoms with Crippen LogP contribution in [0.2, 0.25) is 0 Å². The summed E-state index contributed by atoms with van der Waals surface area (Å²) in [4.78, 5) is 29.2. The first-order valence-corrected chi connectivity index (χ1v) is 10.0. The number of carbonyl (C=O) groups excluding carboxylic acids is 2. The topological polar surface area (TPSA) is 102 Å². The van der Waals surface area contributed by atoms with Gasteiger partial charge in [0.25, 0.3) is 0 Å². The molecule has 1 N–H and O–H groups in total. The lowest BCUT2D eigenvalue weighted by atomic mass is 10.2. The van der Waals surface area contributed by atoms with Gasteiger partial charge in [-0.1, -0.05) is 11.8 Å². The van der Waals surface area contributed by atoms with Crippen LogP contribution in [0.1, 0.15) is 13.3 Å². The summed E-state index contributed by atoms with van der Waals surface area (Å²) in [6, 6.07) is 3.75. The molecule has 0 aliphatic rings. The van der Waals surface area contributed by atoms with Gasteiger partial charge in [-0.05, 0) is 25.5 Å². The molecule has 9 nitrogen and oxygen atoms in total. The van der Waals surface area contributed by atoms with E-state index in [0.717, 1.165) is 17.8 Å². The molecule has 152 valence electrons. The number of pyridine rings is 1. The number of aromatic nitrogens is 4. The Morgan fingerprint density at radius 3 is 2.71 bits per heavy atom. The van der Waals surface area contributed by atoms with Gasteiger partial charge in [-0.3, -0.25) is 14.6 Å². The highest BCUT2D eigenvalue weighted by Crippen LogP contribution is 2.24. The molecule has 0 unspecified atom stereocenters. The number of likely N-dealkylation sites (N-methyl/N-ethyl adjacent to an activating group) is 2.